The van der Waals surface area contributed by atoms with Crippen molar-refractivity contribution in [1.82, 2.24) is 25.1 Å². The largest absolute Gasteiger partial charge is 0.308 e. The third kappa shape index (κ3) is 1.96. The Kier molecular flexibility index (Phi) is 2.85. The number of hydrogen-bond acceptors (Lipinski definition) is 5. The molecule has 2 bridgehead atoms. The highest BCUT2D eigenvalue weighted by molar-refractivity contribution is 7.22. The fraction of sp³-hybridized carbons (Fsp3) is 0.500. The summed E-state index contributed by atoms with van der Waals surface area (Å²) in [6, 6.07) is 0.293. The van der Waals surface area contributed by atoms with E-state index in [1.807, 2.05) is 6.20 Å². The number of piperidine rings is 1. The van der Waals surface area contributed by atoms with Gasteiger partial charge in [0.05, 0.1) is 17.3 Å². The van der Waals surface area contributed by atoms with Gasteiger partial charge in [-0.2, -0.15) is 5.10 Å². The van der Waals surface area contributed by atoms with E-state index in [1.165, 1.54) is 16.9 Å². The van der Waals surface area contributed by atoms with Crippen molar-refractivity contribution in [2.75, 3.05) is 13.1 Å². The third-order valence-electron chi connectivity index (χ3n) is 6.09. The van der Waals surface area contributed by atoms with Crippen LogP contribution in [0.1, 0.15) is 42.4 Å². The van der Waals surface area contributed by atoms with Crippen LogP contribution >= 0.6 is 11.3 Å². The van der Waals surface area contributed by atoms with Gasteiger partial charge in [-0.3, -0.25) is 14.8 Å². The molecular weight excluding hydrogens is 334 g/mol. The predicted molar refractivity (Wildman–Crippen MR) is 96.9 cm³/mol. The molecule has 5 heterocycles. The summed E-state index contributed by atoms with van der Waals surface area (Å²) in [5, 5.41) is 7.37. The summed E-state index contributed by atoms with van der Waals surface area (Å²) in [6.45, 7) is 2.30. The third-order valence-corrected chi connectivity index (χ3v) is 7.35. The average Bonchev–Trinajstić information content (AvgIpc) is 3.37. The molecule has 7 heteroatoms. The molecule has 6 nitrogen and oxygen atoms in total. The summed E-state index contributed by atoms with van der Waals surface area (Å²) < 4.78 is 0.765. The van der Waals surface area contributed by atoms with Gasteiger partial charge in [-0.15, -0.1) is 11.3 Å². The minimum Gasteiger partial charge on any atom is -0.308 e. The predicted octanol–water partition coefficient (Wildman–Crippen LogP) is 2.63. The minimum atomic E-state index is 0.0205. The lowest BCUT2D eigenvalue weighted by molar-refractivity contribution is 0.256. The molecule has 6 rings (SSSR count). The Labute approximate surface area is 148 Å². The van der Waals surface area contributed by atoms with Crippen LogP contribution in [0.5, 0.6) is 0 Å². The Morgan fingerprint density at radius 2 is 2.28 bits per heavy atom. The molecule has 0 amide bonds. The molecule has 0 radical (unpaired) electrons. The number of rotatable bonds is 1. The number of aromatic nitrogens is 4. The first kappa shape index (κ1) is 14.2. The first-order chi connectivity index (χ1) is 12.3. The number of nitrogens with zero attached hydrogens (tertiary/aromatic N) is 3. The van der Waals surface area contributed by atoms with Gasteiger partial charge in [-0.05, 0) is 50.1 Å². The van der Waals surface area contributed by atoms with Gasteiger partial charge in [0.15, 0.2) is 0 Å². The molecule has 0 spiro atoms. The SMILES string of the molecule is O=c1[nH]c([C@H]2CC3CCN2C3)nc2c3c(sc12)-c1c[nH]nc1CCC3. The summed E-state index contributed by atoms with van der Waals surface area (Å²) in [7, 11) is 0. The zero-order valence-electron chi connectivity index (χ0n) is 13.8. The van der Waals surface area contributed by atoms with Gasteiger partial charge >= 0.3 is 0 Å². The number of aryl methyl sites for hydroxylation is 2. The Bertz CT molecular complexity index is 1050. The molecule has 3 aromatic rings. The van der Waals surface area contributed by atoms with Gasteiger partial charge in [0.1, 0.15) is 10.5 Å². The maximum Gasteiger partial charge on any atom is 0.268 e. The van der Waals surface area contributed by atoms with Gasteiger partial charge < -0.3 is 4.98 Å². The molecule has 2 fully saturated rings. The number of hydrogen-bond donors (Lipinski definition) is 2. The average molecular weight is 353 g/mol. The van der Waals surface area contributed by atoms with Crippen molar-refractivity contribution in [3.63, 3.8) is 0 Å². The molecule has 25 heavy (non-hydrogen) atoms. The second kappa shape index (κ2) is 5.02. The van der Waals surface area contributed by atoms with Crippen LogP contribution in [0, 0.1) is 5.92 Å². The lowest BCUT2D eigenvalue weighted by Crippen LogP contribution is -2.26. The monoisotopic (exact) mass is 353 g/mol. The van der Waals surface area contributed by atoms with Crippen LogP contribution in [-0.2, 0) is 12.8 Å². The van der Waals surface area contributed by atoms with E-state index in [2.05, 4.69) is 20.1 Å². The van der Waals surface area contributed by atoms with Crippen molar-refractivity contribution in [3.05, 3.63) is 33.6 Å². The van der Waals surface area contributed by atoms with E-state index in [-0.39, 0.29) is 5.56 Å². The first-order valence-electron chi connectivity index (χ1n) is 9.10. The van der Waals surface area contributed by atoms with Crippen molar-refractivity contribution in [3.8, 4) is 10.4 Å². The summed E-state index contributed by atoms with van der Waals surface area (Å²) in [5.74, 6) is 1.65. The number of nitrogens with one attached hydrogen (secondary N) is 2. The Morgan fingerprint density at radius 1 is 1.32 bits per heavy atom. The molecule has 1 aliphatic carbocycles. The van der Waals surface area contributed by atoms with Crippen LogP contribution in [-0.4, -0.2) is 38.2 Å². The van der Waals surface area contributed by atoms with E-state index in [9.17, 15) is 4.79 Å². The van der Waals surface area contributed by atoms with Gasteiger partial charge in [-0.1, -0.05) is 0 Å². The lowest BCUT2D eigenvalue weighted by atomic mass is 10.00. The number of H-pyrrole nitrogens is 2. The molecule has 128 valence electrons. The van der Waals surface area contributed by atoms with Gasteiger partial charge in [0.25, 0.3) is 5.56 Å². The number of aromatic amines is 2. The first-order valence-corrected chi connectivity index (χ1v) is 9.92. The topological polar surface area (TPSA) is 77.7 Å². The zero-order valence-corrected chi connectivity index (χ0v) is 14.7. The van der Waals surface area contributed by atoms with Gasteiger partial charge in [-0.25, -0.2) is 4.98 Å². The molecule has 3 atom stereocenters. The normalized spacial score (nSPS) is 27.4. The maximum absolute atomic E-state index is 12.8. The highest BCUT2D eigenvalue weighted by Gasteiger charge is 2.39. The van der Waals surface area contributed by atoms with E-state index >= 15 is 0 Å². The van der Waals surface area contributed by atoms with E-state index < -0.39 is 0 Å². The van der Waals surface area contributed by atoms with Crippen LogP contribution in [0.3, 0.4) is 0 Å². The summed E-state index contributed by atoms with van der Waals surface area (Å²) >= 11 is 1.57. The van der Waals surface area contributed by atoms with Crippen molar-refractivity contribution >= 4 is 21.6 Å². The highest BCUT2D eigenvalue weighted by Crippen LogP contribution is 2.43. The summed E-state index contributed by atoms with van der Waals surface area (Å²) in [4.78, 5) is 24.5. The smallest absolute Gasteiger partial charge is 0.268 e. The molecule has 2 saturated heterocycles. The maximum atomic E-state index is 12.8. The Balaban J connectivity index is 1.56. The van der Waals surface area contributed by atoms with Crippen LogP contribution < -0.4 is 5.56 Å². The zero-order chi connectivity index (χ0) is 16.5. The second-order valence-electron chi connectivity index (χ2n) is 7.54. The van der Waals surface area contributed by atoms with E-state index in [4.69, 9.17) is 4.98 Å². The quantitative estimate of drug-likeness (QED) is 0.705. The van der Waals surface area contributed by atoms with Gasteiger partial charge in [0.2, 0.25) is 0 Å². The fourth-order valence-corrected chi connectivity index (χ4v) is 6.11. The Morgan fingerprint density at radius 3 is 3.12 bits per heavy atom. The standard InChI is InChI=1S/C18H19N5OS/c24-18-16-14(20-17(21-18)13-6-9-4-5-23(13)8-9)10-2-1-3-12-11(7-19-22-12)15(10)25-16/h7,9,13H,1-6,8H2,(H,19,22)(H,20,21,24)/t9?,13-/m1/s1. The van der Waals surface area contributed by atoms with Crippen molar-refractivity contribution in [2.45, 2.75) is 38.1 Å². The summed E-state index contributed by atoms with van der Waals surface area (Å²) in [6.07, 6.45) is 7.39. The van der Waals surface area contributed by atoms with Crippen LogP contribution in [0.25, 0.3) is 20.7 Å². The highest BCUT2D eigenvalue weighted by atomic mass is 32.1. The van der Waals surface area contributed by atoms with Crippen LogP contribution in [0.2, 0.25) is 0 Å². The lowest BCUT2D eigenvalue weighted by Gasteiger charge is -2.23. The summed E-state index contributed by atoms with van der Waals surface area (Å²) in [5.41, 5.74) is 4.45. The molecule has 2 aliphatic heterocycles. The molecule has 0 aromatic carbocycles. The molecule has 3 aliphatic rings. The van der Waals surface area contributed by atoms with Crippen LogP contribution in [0.4, 0.5) is 0 Å². The fourth-order valence-electron chi connectivity index (χ4n) is 4.88. The van der Waals surface area contributed by atoms with E-state index in [0.717, 1.165) is 72.0 Å². The molecule has 2 unspecified atom stereocenters. The molecule has 2 N–H and O–H groups in total. The van der Waals surface area contributed by atoms with Crippen LogP contribution in [0.15, 0.2) is 11.0 Å². The molecule has 3 aromatic heterocycles. The van der Waals surface area contributed by atoms with E-state index in [1.54, 1.807) is 11.3 Å². The molecule has 0 saturated carbocycles. The number of thiophene rings is 1. The minimum absolute atomic E-state index is 0.0205. The van der Waals surface area contributed by atoms with Crippen molar-refractivity contribution in [2.24, 2.45) is 5.92 Å². The van der Waals surface area contributed by atoms with Gasteiger partial charge in [0, 0.05) is 23.2 Å². The Hall–Kier alpha value is -1.99. The van der Waals surface area contributed by atoms with E-state index in [0.29, 0.717) is 6.04 Å². The second-order valence-corrected chi connectivity index (χ2v) is 8.56. The number of fused-ring (bicyclic) bond motifs is 7. The van der Waals surface area contributed by atoms with Crippen molar-refractivity contribution in [1.29, 1.82) is 0 Å². The molecular formula is C18H19N5OS. The van der Waals surface area contributed by atoms with Crippen molar-refractivity contribution < 1.29 is 0 Å².